The van der Waals surface area contributed by atoms with Gasteiger partial charge in [0.2, 0.25) is 0 Å². The summed E-state index contributed by atoms with van der Waals surface area (Å²) in [6, 6.07) is 0. The molecular formula is C6H12O. The van der Waals surface area contributed by atoms with Crippen LogP contribution < -0.4 is 0 Å². The zero-order valence-corrected chi connectivity index (χ0v) is 4.94. The highest BCUT2D eigenvalue weighted by atomic mass is 16.3. The molecule has 0 unspecified atom stereocenters. The van der Waals surface area contributed by atoms with E-state index >= 15 is 0 Å². The Hall–Kier alpha value is -0.300. The molecule has 1 N–H and O–H groups in total. The first-order valence-corrected chi connectivity index (χ1v) is 2.45. The largest absolute Gasteiger partial charge is 0.393 e. The first-order valence-electron chi connectivity index (χ1n) is 2.45. The lowest BCUT2D eigenvalue weighted by molar-refractivity contribution is 0.195. The van der Waals surface area contributed by atoms with E-state index in [9.17, 15) is 0 Å². The van der Waals surface area contributed by atoms with Gasteiger partial charge in [-0.2, -0.15) is 0 Å². The van der Waals surface area contributed by atoms with E-state index < -0.39 is 0 Å². The lowest BCUT2D eigenvalue weighted by Gasteiger charge is -1.99. The Kier molecular flexibility index (Phi) is 2.68. The van der Waals surface area contributed by atoms with E-state index in [0.29, 0.717) is 0 Å². The van der Waals surface area contributed by atoms with E-state index in [0.717, 1.165) is 12.0 Å². The molecule has 0 aromatic rings. The maximum Gasteiger partial charge on any atom is 0.0548 e. The Balaban J connectivity index is 3.13. The average Bonchev–Trinajstić information content (AvgIpc) is 1.27. The topological polar surface area (TPSA) is 20.2 Å². The van der Waals surface area contributed by atoms with Crippen LogP contribution in [-0.4, -0.2) is 11.2 Å². The molecule has 0 aliphatic rings. The van der Waals surface area contributed by atoms with Crippen molar-refractivity contribution in [3.05, 3.63) is 12.2 Å². The van der Waals surface area contributed by atoms with E-state index in [1.54, 1.807) is 6.92 Å². The van der Waals surface area contributed by atoms with Gasteiger partial charge in [-0.05, 0) is 20.3 Å². The monoisotopic (exact) mass is 100 g/mol. The predicted octanol–water partition coefficient (Wildman–Crippen LogP) is 1.33. The Morgan fingerprint density at radius 1 is 1.86 bits per heavy atom. The third-order valence-electron chi connectivity index (χ3n) is 0.644. The first kappa shape index (κ1) is 6.70. The summed E-state index contributed by atoms with van der Waals surface area (Å²) in [5, 5.41) is 8.66. The molecule has 0 amide bonds. The van der Waals surface area contributed by atoms with Crippen molar-refractivity contribution in [1.29, 1.82) is 0 Å². The molecule has 0 fully saturated rings. The number of hydrogen-bond acceptors (Lipinski definition) is 1. The smallest absolute Gasteiger partial charge is 0.0548 e. The van der Waals surface area contributed by atoms with Gasteiger partial charge >= 0.3 is 0 Å². The molecule has 0 spiro atoms. The fraction of sp³-hybridized carbons (Fsp3) is 0.667. The van der Waals surface area contributed by atoms with Crippen molar-refractivity contribution >= 4 is 0 Å². The van der Waals surface area contributed by atoms with Crippen LogP contribution in [0.5, 0.6) is 0 Å². The van der Waals surface area contributed by atoms with Crippen LogP contribution in [0.2, 0.25) is 0 Å². The molecule has 0 radical (unpaired) electrons. The fourth-order valence-electron chi connectivity index (χ4n) is 0.504. The van der Waals surface area contributed by atoms with E-state index in [-0.39, 0.29) is 6.10 Å². The summed E-state index contributed by atoms with van der Waals surface area (Å²) in [5.41, 5.74) is 1.04. The van der Waals surface area contributed by atoms with Crippen LogP contribution in [-0.2, 0) is 0 Å². The van der Waals surface area contributed by atoms with Gasteiger partial charge in [0.05, 0.1) is 6.10 Å². The van der Waals surface area contributed by atoms with Gasteiger partial charge in [-0.3, -0.25) is 0 Å². The van der Waals surface area contributed by atoms with Crippen LogP contribution in [0.25, 0.3) is 0 Å². The van der Waals surface area contributed by atoms with Crippen molar-refractivity contribution in [3.63, 3.8) is 0 Å². The summed E-state index contributed by atoms with van der Waals surface area (Å²) in [6.45, 7) is 7.30. The van der Waals surface area contributed by atoms with Crippen LogP contribution >= 0.6 is 0 Å². The molecule has 0 aliphatic carbocycles. The van der Waals surface area contributed by atoms with Gasteiger partial charge < -0.3 is 5.11 Å². The number of aliphatic hydroxyl groups excluding tert-OH is 1. The van der Waals surface area contributed by atoms with Crippen LogP contribution in [0, 0.1) is 0 Å². The van der Waals surface area contributed by atoms with Gasteiger partial charge in [-0.15, -0.1) is 6.58 Å². The second-order valence-corrected chi connectivity index (χ2v) is 2.01. The number of hydrogen-bond donors (Lipinski definition) is 1. The normalized spacial score (nSPS) is 13.6. The summed E-state index contributed by atoms with van der Waals surface area (Å²) in [7, 11) is 0. The standard InChI is InChI=1S/C6H12O/c1-5(2)4-6(3)7/h6-7H,1,4H2,2-3H3/t6-/m1/s1. The third kappa shape index (κ3) is 5.70. The van der Waals surface area contributed by atoms with Crippen molar-refractivity contribution in [2.75, 3.05) is 0 Å². The molecule has 0 aromatic carbocycles. The van der Waals surface area contributed by atoms with E-state index in [4.69, 9.17) is 5.11 Å². The molecule has 0 rings (SSSR count). The third-order valence-corrected chi connectivity index (χ3v) is 0.644. The highest BCUT2D eigenvalue weighted by molar-refractivity contribution is 4.89. The van der Waals surface area contributed by atoms with E-state index in [1.807, 2.05) is 6.92 Å². The molecule has 7 heavy (non-hydrogen) atoms. The highest BCUT2D eigenvalue weighted by Gasteiger charge is 1.91. The minimum absolute atomic E-state index is 0.225. The van der Waals surface area contributed by atoms with Crippen LogP contribution in [0.15, 0.2) is 12.2 Å². The molecular weight excluding hydrogens is 88.1 g/mol. The molecule has 0 bridgehead atoms. The second-order valence-electron chi connectivity index (χ2n) is 2.01. The molecule has 0 aromatic heterocycles. The average molecular weight is 100 g/mol. The molecule has 1 heteroatoms. The molecule has 42 valence electrons. The van der Waals surface area contributed by atoms with Gasteiger partial charge in [-0.1, -0.05) is 5.57 Å². The number of rotatable bonds is 2. The van der Waals surface area contributed by atoms with Crippen LogP contribution in [0.4, 0.5) is 0 Å². The van der Waals surface area contributed by atoms with Gasteiger partial charge in [-0.25, -0.2) is 0 Å². The van der Waals surface area contributed by atoms with Gasteiger partial charge in [0.15, 0.2) is 0 Å². The molecule has 1 nitrogen and oxygen atoms in total. The van der Waals surface area contributed by atoms with E-state index in [1.165, 1.54) is 0 Å². The summed E-state index contributed by atoms with van der Waals surface area (Å²) in [4.78, 5) is 0. The van der Waals surface area contributed by atoms with Gasteiger partial charge in [0.1, 0.15) is 0 Å². The first-order chi connectivity index (χ1) is 3.13. The lowest BCUT2D eigenvalue weighted by atomic mass is 10.2. The molecule has 0 heterocycles. The van der Waals surface area contributed by atoms with Crippen LogP contribution in [0.3, 0.4) is 0 Å². The molecule has 0 aliphatic heterocycles. The zero-order chi connectivity index (χ0) is 5.86. The molecule has 0 saturated heterocycles. The summed E-state index contributed by atoms with van der Waals surface area (Å²) in [6.07, 6.45) is 0.498. The SMILES string of the molecule is C=C(C)C[C@@H](C)O. The second kappa shape index (κ2) is 2.80. The maximum atomic E-state index is 8.66. The Morgan fingerprint density at radius 3 is 2.29 bits per heavy atom. The summed E-state index contributed by atoms with van der Waals surface area (Å²) >= 11 is 0. The van der Waals surface area contributed by atoms with E-state index in [2.05, 4.69) is 6.58 Å². The van der Waals surface area contributed by atoms with Gasteiger partial charge in [0, 0.05) is 0 Å². The van der Waals surface area contributed by atoms with Crippen LogP contribution in [0.1, 0.15) is 20.3 Å². The van der Waals surface area contributed by atoms with Gasteiger partial charge in [0.25, 0.3) is 0 Å². The minimum atomic E-state index is -0.225. The predicted molar refractivity (Wildman–Crippen MR) is 31.1 cm³/mol. The Morgan fingerprint density at radius 2 is 2.29 bits per heavy atom. The lowest BCUT2D eigenvalue weighted by Crippen LogP contribution is -1.97. The summed E-state index contributed by atoms with van der Waals surface area (Å²) in [5.74, 6) is 0. The summed E-state index contributed by atoms with van der Waals surface area (Å²) < 4.78 is 0. The van der Waals surface area contributed by atoms with Crippen molar-refractivity contribution < 1.29 is 5.11 Å². The fourth-order valence-corrected chi connectivity index (χ4v) is 0.504. The minimum Gasteiger partial charge on any atom is -0.393 e. The van der Waals surface area contributed by atoms with Crippen molar-refractivity contribution in [2.24, 2.45) is 0 Å². The van der Waals surface area contributed by atoms with Crippen molar-refractivity contribution in [2.45, 2.75) is 26.4 Å². The molecule has 1 atom stereocenters. The zero-order valence-electron chi connectivity index (χ0n) is 4.94. The number of aliphatic hydroxyl groups is 1. The van der Waals surface area contributed by atoms with Crippen molar-refractivity contribution in [3.8, 4) is 0 Å². The Labute approximate surface area is 44.7 Å². The quantitative estimate of drug-likeness (QED) is 0.519. The molecule has 0 saturated carbocycles. The van der Waals surface area contributed by atoms with Crippen molar-refractivity contribution in [1.82, 2.24) is 0 Å². The maximum absolute atomic E-state index is 8.66. The highest BCUT2D eigenvalue weighted by Crippen LogP contribution is 1.98. The Bertz CT molecular complexity index is 64.6.